The van der Waals surface area contributed by atoms with Gasteiger partial charge in [0.05, 0.1) is 25.7 Å². The Labute approximate surface area is 145 Å². The summed E-state index contributed by atoms with van der Waals surface area (Å²) in [5.74, 6) is -0.222. The van der Waals surface area contributed by atoms with Crippen LogP contribution in [0.2, 0.25) is 0 Å². The Balaban J connectivity index is 1.57. The fourth-order valence-electron chi connectivity index (χ4n) is 3.05. The summed E-state index contributed by atoms with van der Waals surface area (Å²) in [7, 11) is 3.10. The highest BCUT2D eigenvalue weighted by atomic mass is 19.1. The van der Waals surface area contributed by atoms with E-state index in [0.717, 1.165) is 5.69 Å². The highest BCUT2D eigenvalue weighted by Crippen LogP contribution is 2.24. The predicted octanol–water partition coefficient (Wildman–Crippen LogP) is 1.10. The molecule has 2 aliphatic heterocycles. The van der Waals surface area contributed by atoms with Crippen molar-refractivity contribution in [1.29, 1.82) is 0 Å². The fourth-order valence-corrected chi connectivity index (χ4v) is 3.05. The molecule has 25 heavy (non-hydrogen) atoms. The van der Waals surface area contributed by atoms with E-state index in [1.165, 1.54) is 16.9 Å². The number of alkyl halides is 1. The number of anilines is 1. The van der Waals surface area contributed by atoms with Gasteiger partial charge in [-0.3, -0.25) is 14.6 Å². The molecule has 0 aromatic heterocycles. The van der Waals surface area contributed by atoms with Crippen LogP contribution in [-0.4, -0.2) is 80.6 Å². The van der Waals surface area contributed by atoms with Crippen LogP contribution in [0.4, 0.5) is 14.9 Å². The van der Waals surface area contributed by atoms with Gasteiger partial charge < -0.3 is 14.4 Å². The summed E-state index contributed by atoms with van der Waals surface area (Å²) < 4.78 is 23.8. The minimum atomic E-state index is -0.976. The van der Waals surface area contributed by atoms with E-state index < -0.39 is 24.5 Å². The number of carbonyl (C=O) groups is 2. The number of para-hydroxylation sites is 1. The van der Waals surface area contributed by atoms with Crippen LogP contribution in [0.25, 0.3) is 0 Å². The van der Waals surface area contributed by atoms with Crippen molar-refractivity contribution in [3.8, 4) is 0 Å². The van der Waals surface area contributed by atoms with Gasteiger partial charge in [0.25, 0.3) is 0 Å². The molecule has 0 N–H and O–H groups in total. The smallest absolute Gasteiger partial charge is 0.416 e. The van der Waals surface area contributed by atoms with Gasteiger partial charge >= 0.3 is 6.09 Å². The van der Waals surface area contributed by atoms with Crippen molar-refractivity contribution in [2.75, 3.05) is 45.3 Å². The molecule has 0 aliphatic carbocycles. The maximum Gasteiger partial charge on any atom is 0.416 e. The lowest BCUT2D eigenvalue weighted by Crippen LogP contribution is -2.62. The zero-order valence-corrected chi connectivity index (χ0v) is 14.3. The molecule has 7 nitrogen and oxygen atoms in total. The van der Waals surface area contributed by atoms with Gasteiger partial charge in [-0.05, 0) is 12.1 Å². The molecule has 2 saturated heterocycles. The van der Waals surface area contributed by atoms with E-state index in [-0.39, 0.29) is 32.1 Å². The molecule has 0 spiro atoms. The summed E-state index contributed by atoms with van der Waals surface area (Å²) in [6.45, 7) is 0.801. The number of nitrogens with zero attached hydrogens (tertiary/aromatic N) is 3. The van der Waals surface area contributed by atoms with Gasteiger partial charge in [0.15, 0.2) is 6.23 Å². The number of hydrogen-bond acceptors (Lipinski definition) is 5. The average Bonchev–Trinajstić information content (AvgIpc) is 3.01. The number of carbonyl (C=O) groups excluding carboxylic acids is 2. The van der Waals surface area contributed by atoms with Crippen LogP contribution < -0.4 is 4.90 Å². The lowest BCUT2D eigenvalue weighted by atomic mass is 10.0. The summed E-state index contributed by atoms with van der Waals surface area (Å²) in [5.41, 5.74) is 0.721. The standard InChI is InChI=1S/C17H22FN3O4/c1-19(15(22)9-20-8-13(18)14(20)11-24-2)16-10-21(17(23)25-16)12-6-4-3-5-7-12/h3-7,13-14,16H,8-11H2,1-2H3/t13-,14?,16?/m0/s1. The predicted molar refractivity (Wildman–Crippen MR) is 89.0 cm³/mol. The number of likely N-dealkylation sites (N-methyl/N-ethyl adjacent to an activating group) is 1. The second-order valence-corrected chi connectivity index (χ2v) is 6.26. The Bertz CT molecular complexity index is 630. The molecule has 0 radical (unpaired) electrons. The number of hydrogen-bond donors (Lipinski definition) is 0. The highest BCUT2D eigenvalue weighted by Gasteiger charge is 2.42. The number of amides is 2. The number of halogens is 1. The quantitative estimate of drug-likeness (QED) is 0.768. The third-order valence-electron chi connectivity index (χ3n) is 4.66. The van der Waals surface area contributed by atoms with Gasteiger partial charge in [-0.25, -0.2) is 9.18 Å². The van der Waals surface area contributed by atoms with E-state index >= 15 is 0 Å². The SMILES string of the molecule is COCC1[C@@H](F)CN1CC(=O)N(C)C1CN(c2ccccc2)C(=O)O1. The van der Waals surface area contributed by atoms with Gasteiger partial charge in [-0.2, -0.15) is 0 Å². The van der Waals surface area contributed by atoms with Crippen molar-refractivity contribution in [3.63, 3.8) is 0 Å². The third kappa shape index (κ3) is 3.59. The number of ether oxygens (including phenoxy) is 2. The molecule has 1 aromatic rings. The monoisotopic (exact) mass is 351 g/mol. The molecule has 0 bridgehead atoms. The Morgan fingerprint density at radius 3 is 2.72 bits per heavy atom. The molecule has 2 fully saturated rings. The summed E-state index contributed by atoms with van der Waals surface area (Å²) >= 11 is 0. The van der Waals surface area contributed by atoms with Crippen LogP contribution in [0.5, 0.6) is 0 Å². The summed E-state index contributed by atoms with van der Waals surface area (Å²) in [5, 5.41) is 0. The number of cyclic esters (lactones) is 1. The van der Waals surface area contributed by atoms with Crippen LogP contribution in [-0.2, 0) is 14.3 Å². The Morgan fingerprint density at radius 2 is 2.08 bits per heavy atom. The van der Waals surface area contributed by atoms with Crippen molar-refractivity contribution in [2.24, 2.45) is 0 Å². The summed E-state index contributed by atoms with van der Waals surface area (Å²) in [6.07, 6.45) is -2.12. The second kappa shape index (κ2) is 7.37. The van der Waals surface area contributed by atoms with Crippen LogP contribution >= 0.6 is 0 Å². The van der Waals surface area contributed by atoms with Gasteiger partial charge in [-0.1, -0.05) is 18.2 Å². The van der Waals surface area contributed by atoms with Crippen molar-refractivity contribution in [1.82, 2.24) is 9.80 Å². The molecular weight excluding hydrogens is 329 g/mol. The maximum atomic E-state index is 13.5. The molecule has 136 valence electrons. The fraction of sp³-hybridized carbons (Fsp3) is 0.529. The molecule has 2 amide bonds. The molecule has 2 unspecified atom stereocenters. The average molecular weight is 351 g/mol. The normalized spacial score (nSPS) is 26.3. The molecule has 2 heterocycles. The molecule has 3 rings (SSSR count). The van der Waals surface area contributed by atoms with Gasteiger partial charge in [0.1, 0.15) is 6.17 Å². The highest BCUT2D eigenvalue weighted by molar-refractivity contribution is 5.90. The van der Waals surface area contributed by atoms with E-state index in [2.05, 4.69) is 0 Å². The van der Waals surface area contributed by atoms with Crippen molar-refractivity contribution < 1.29 is 23.5 Å². The number of benzene rings is 1. The largest absolute Gasteiger partial charge is 0.423 e. The third-order valence-corrected chi connectivity index (χ3v) is 4.66. The first kappa shape index (κ1) is 17.6. The van der Waals surface area contributed by atoms with Crippen LogP contribution in [0.15, 0.2) is 30.3 Å². The van der Waals surface area contributed by atoms with E-state index in [0.29, 0.717) is 0 Å². The first-order chi connectivity index (χ1) is 12.0. The minimum absolute atomic E-state index is 0.0737. The lowest BCUT2D eigenvalue weighted by Gasteiger charge is -2.43. The first-order valence-electron chi connectivity index (χ1n) is 8.17. The number of methoxy groups -OCH3 is 1. The molecule has 1 aromatic carbocycles. The number of likely N-dealkylation sites (tertiary alicyclic amines) is 1. The van der Waals surface area contributed by atoms with Crippen molar-refractivity contribution in [2.45, 2.75) is 18.4 Å². The lowest BCUT2D eigenvalue weighted by molar-refractivity contribution is -0.143. The van der Waals surface area contributed by atoms with E-state index in [1.807, 2.05) is 30.3 Å². The van der Waals surface area contributed by atoms with E-state index in [4.69, 9.17) is 9.47 Å². The summed E-state index contributed by atoms with van der Waals surface area (Å²) in [6, 6.07) is 8.74. The van der Waals surface area contributed by atoms with Crippen LogP contribution in [0.1, 0.15) is 0 Å². The van der Waals surface area contributed by atoms with Crippen LogP contribution in [0.3, 0.4) is 0 Å². The van der Waals surface area contributed by atoms with E-state index in [1.54, 1.807) is 11.9 Å². The Kier molecular flexibility index (Phi) is 5.19. The van der Waals surface area contributed by atoms with E-state index in [9.17, 15) is 14.0 Å². The first-order valence-corrected chi connectivity index (χ1v) is 8.17. The van der Waals surface area contributed by atoms with Crippen LogP contribution in [0, 0.1) is 0 Å². The molecule has 3 atom stereocenters. The number of rotatable bonds is 6. The molecule has 2 aliphatic rings. The molecular formula is C17H22FN3O4. The zero-order chi connectivity index (χ0) is 18.0. The maximum absolute atomic E-state index is 13.5. The van der Waals surface area contributed by atoms with Gasteiger partial charge in [0, 0.05) is 26.4 Å². The van der Waals surface area contributed by atoms with Crippen molar-refractivity contribution in [3.05, 3.63) is 30.3 Å². The molecule has 0 saturated carbocycles. The Morgan fingerprint density at radius 1 is 1.36 bits per heavy atom. The Hall–Kier alpha value is -2.19. The summed E-state index contributed by atoms with van der Waals surface area (Å²) in [4.78, 5) is 29.1. The van der Waals surface area contributed by atoms with Crippen molar-refractivity contribution >= 4 is 17.7 Å². The minimum Gasteiger partial charge on any atom is -0.423 e. The van der Waals surface area contributed by atoms with Gasteiger partial charge in [0.2, 0.25) is 5.91 Å². The zero-order valence-electron chi connectivity index (χ0n) is 14.3. The van der Waals surface area contributed by atoms with Gasteiger partial charge in [-0.15, -0.1) is 0 Å². The molecule has 8 heteroatoms. The topological polar surface area (TPSA) is 62.3 Å². The second-order valence-electron chi connectivity index (χ2n) is 6.26.